The molecule has 5 nitrogen and oxygen atoms in total. The molecule has 1 aromatic carbocycles. The summed E-state index contributed by atoms with van der Waals surface area (Å²) in [6, 6.07) is 5.86. The molecule has 1 amide bonds. The van der Waals surface area contributed by atoms with Crippen molar-refractivity contribution >= 4 is 5.91 Å². The summed E-state index contributed by atoms with van der Waals surface area (Å²) >= 11 is 0. The second kappa shape index (κ2) is 6.72. The van der Waals surface area contributed by atoms with Crippen molar-refractivity contribution in [1.29, 1.82) is 0 Å². The van der Waals surface area contributed by atoms with Gasteiger partial charge in [-0.1, -0.05) is 12.1 Å². The maximum atomic E-state index is 12.1. The number of benzene rings is 1. The highest BCUT2D eigenvalue weighted by atomic mass is 16.5. The Hall–Kier alpha value is -1.59. The summed E-state index contributed by atoms with van der Waals surface area (Å²) in [5.74, 6) is 0.797. The van der Waals surface area contributed by atoms with Crippen molar-refractivity contribution in [1.82, 2.24) is 9.80 Å². The van der Waals surface area contributed by atoms with Gasteiger partial charge in [-0.3, -0.25) is 4.79 Å². The van der Waals surface area contributed by atoms with Crippen LogP contribution in [0.25, 0.3) is 0 Å². The molecule has 0 saturated carbocycles. The van der Waals surface area contributed by atoms with Crippen LogP contribution in [-0.2, 0) is 11.3 Å². The molecule has 5 heteroatoms. The van der Waals surface area contributed by atoms with Gasteiger partial charge in [0.25, 0.3) is 5.91 Å². The lowest BCUT2D eigenvalue weighted by Crippen LogP contribution is -2.48. The number of likely N-dealkylation sites (N-methyl/N-ethyl adjacent to an activating group) is 1. The Labute approximate surface area is 120 Å². The Bertz CT molecular complexity index is 468. The van der Waals surface area contributed by atoms with Gasteiger partial charge in [-0.05, 0) is 31.2 Å². The number of amides is 1. The summed E-state index contributed by atoms with van der Waals surface area (Å²) in [5.41, 5.74) is 7.65. The molecule has 1 fully saturated rings. The van der Waals surface area contributed by atoms with Crippen molar-refractivity contribution in [3.05, 3.63) is 29.3 Å². The van der Waals surface area contributed by atoms with Gasteiger partial charge >= 0.3 is 0 Å². The normalized spacial score (nSPS) is 16.2. The van der Waals surface area contributed by atoms with Crippen LogP contribution in [0.15, 0.2) is 18.2 Å². The van der Waals surface area contributed by atoms with Crippen molar-refractivity contribution in [2.45, 2.75) is 13.5 Å². The number of hydrogen-bond donors (Lipinski definition) is 1. The SMILES string of the molecule is Cc1ccc(CN)cc1OCC(=O)N1CCN(C)CC1. The van der Waals surface area contributed by atoms with Crippen LogP contribution in [0.5, 0.6) is 5.75 Å². The molecule has 2 rings (SSSR count). The standard InChI is InChI=1S/C15H23N3O2/c1-12-3-4-13(10-16)9-14(12)20-11-15(19)18-7-5-17(2)6-8-18/h3-4,9H,5-8,10-11,16H2,1-2H3. The Morgan fingerprint density at radius 1 is 1.30 bits per heavy atom. The van der Waals surface area contributed by atoms with E-state index in [4.69, 9.17) is 10.5 Å². The van der Waals surface area contributed by atoms with E-state index in [2.05, 4.69) is 11.9 Å². The lowest BCUT2D eigenvalue weighted by molar-refractivity contribution is -0.134. The zero-order chi connectivity index (χ0) is 14.5. The van der Waals surface area contributed by atoms with E-state index >= 15 is 0 Å². The third-order valence-electron chi connectivity index (χ3n) is 3.70. The highest BCUT2D eigenvalue weighted by Crippen LogP contribution is 2.19. The molecule has 1 aromatic rings. The van der Waals surface area contributed by atoms with E-state index in [-0.39, 0.29) is 12.5 Å². The van der Waals surface area contributed by atoms with Gasteiger partial charge in [0, 0.05) is 32.7 Å². The molecule has 1 aliphatic rings. The second-order valence-corrected chi connectivity index (χ2v) is 5.28. The second-order valence-electron chi connectivity index (χ2n) is 5.28. The largest absolute Gasteiger partial charge is 0.483 e. The maximum absolute atomic E-state index is 12.1. The van der Waals surface area contributed by atoms with E-state index in [1.54, 1.807) is 0 Å². The molecule has 0 spiro atoms. The van der Waals surface area contributed by atoms with Crippen LogP contribution in [0.1, 0.15) is 11.1 Å². The third kappa shape index (κ3) is 3.71. The predicted octanol–water partition coefficient (Wildman–Crippen LogP) is 0.607. The van der Waals surface area contributed by atoms with Crippen molar-refractivity contribution in [2.75, 3.05) is 39.8 Å². The Balaban J connectivity index is 1.90. The molecule has 1 heterocycles. The number of hydrogen-bond acceptors (Lipinski definition) is 4. The molecule has 20 heavy (non-hydrogen) atoms. The molecule has 1 aliphatic heterocycles. The van der Waals surface area contributed by atoms with Crippen LogP contribution in [0.3, 0.4) is 0 Å². The minimum absolute atomic E-state index is 0.0515. The molecule has 0 unspecified atom stereocenters. The van der Waals surface area contributed by atoms with Crippen molar-refractivity contribution in [3.63, 3.8) is 0 Å². The number of aryl methyl sites for hydroxylation is 1. The summed E-state index contributed by atoms with van der Waals surface area (Å²) in [6.07, 6.45) is 0. The molecule has 0 aliphatic carbocycles. The predicted molar refractivity (Wildman–Crippen MR) is 78.6 cm³/mol. The summed E-state index contributed by atoms with van der Waals surface area (Å²) < 4.78 is 5.66. The number of nitrogens with zero attached hydrogens (tertiary/aromatic N) is 2. The Morgan fingerprint density at radius 2 is 2.00 bits per heavy atom. The van der Waals surface area contributed by atoms with E-state index in [0.717, 1.165) is 43.1 Å². The topological polar surface area (TPSA) is 58.8 Å². The monoisotopic (exact) mass is 277 g/mol. The van der Waals surface area contributed by atoms with Gasteiger partial charge in [0.2, 0.25) is 0 Å². The molecule has 1 saturated heterocycles. The van der Waals surface area contributed by atoms with Crippen LogP contribution in [0.2, 0.25) is 0 Å². The molecular weight excluding hydrogens is 254 g/mol. The van der Waals surface area contributed by atoms with Gasteiger partial charge in [-0.15, -0.1) is 0 Å². The summed E-state index contributed by atoms with van der Waals surface area (Å²) in [6.45, 7) is 5.94. The average Bonchev–Trinajstić information content (AvgIpc) is 2.47. The zero-order valence-electron chi connectivity index (χ0n) is 12.3. The average molecular weight is 277 g/mol. The zero-order valence-corrected chi connectivity index (χ0v) is 12.3. The minimum atomic E-state index is 0.0515. The van der Waals surface area contributed by atoms with Crippen LogP contribution < -0.4 is 10.5 Å². The molecule has 0 atom stereocenters. The van der Waals surface area contributed by atoms with E-state index in [9.17, 15) is 4.79 Å². The van der Waals surface area contributed by atoms with Gasteiger partial charge in [-0.25, -0.2) is 0 Å². The highest BCUT2D eigenvalue weighted by Gasteiger charge is 2.19. The lowest BCUT2D eigenvalue weighted by Gasteiger charge is -2.32. The molecular formula is C15H23N3O2. The fraction of sp³-hybridized carbons (Fsp3) is 0.533. The number of carbonyl (C=O) groups excluding carboxylic acids is 1. The third-order valence-corrected chi connectivity index (χ3v) is 3.70. The van der Waals surface area contributed by atoms with Gasteiger partial charge in [0.1, 0.15) is 5.75 Å². The maximum Gasteiger partial charge on any atom is 0.260 e. The summed E-state index contributed by atoms with van der Waals surface area (Å²) in [4.78, 5) is 16.2. The van der Waals surface area contributed by atoms with E-state index in [0.29, 0.717) is 6.54 Å². The molecule has 110 valence electrons. The summed E-state index contributed by atoms with van der Waals surface area (Å²) in [7, 11) is 2.07. The molecule has 0 bridgehead atoms. The van der Waals surface area contributed by atoms with E-state index in [1.165, 1.54) is 0 Å². The first-order chi connectivity index (χ1) is 9.60. The number of nitrogens with two attached hydrogens (primary N) is 1. The van der Waals surface area contributed by atoms with Gasteiger partial charge in [0.05, 0.1) is 0 Å². The van der Waals surface area contributed by atoms with Crippen molar-refractivity contribution in [2.24, 2.45) is 5.73 Å². The lowest BCUT2D eigenvalue weighted by atomic mass is 10.1. The van der Waals surface area contributed by atoms with Crippen LogP contribution in [-0.4, -0.2) is 55.5 Å². The smallest absolute Gasteiger partial charge is 0.260 e. The quantitative estimate of drug-likeness (QED) is 0.876. The molecule has 0 aromatic heterocycles. The fourth-order valence-electron chi connectivity index (χ4n) is 2.21. The Morgan fingerprint density at radius 3 is 2.65 bits per heavy atom. The van der Waals surface area contributed by atoms with E-state index in [1.807, 2.05) is 30.0 Å². The first-order valence-electron chi connectivity index (χ1n) is 6.99. The Kier molecular flexibility index (Phi) is 4.98. The number of piperazine rings is 1. The molecule has 2 N–H and O–H groups in total. The summed E-state index contributed by atoms with van der Waals surface area (Å²) in [5, 5.41) is 0. The van der Waals surface area contributed by atoms with Crippen molar-refractivity contribution in [3.8, 4) is 5.75 Å². The first-order valence-corrected chi connectivity index (χ1v) is 6.99. The van der Waals surface area contributed by atoms with Crippen LogP contribution in [0.4, 0.5) is 0 Å². The number of ether oxygens (including phenoxy) is 1. The van der Waals surface area contributed by atoms with Gasteiger partial charge in [0.15, 0.2) is 6.61 Å². The van der Waals surface area contributed by atoms with Crippen LogP contribution >= 0.6 is 0 Å². The van der Waals surface area contributed by atoms with Gasteiger partial charge < -0.3 is 20.3 Å². The molecule has 0 radical (unpaired) electrons. The van der Waals surface area contributed by atoms with Crippen LogP contribution in [0, 0.1) is 6.92 Å². The highest BCUT2D eigenvalue weighted by molar-refractivity contribution is 5.78. The number of carbonyl (C=O) groups is 1. The van der Waals surface area contributed by atoms with Gasteiger partial charge in [-0.2, -0.15) is 0 Å². The first kappa shape index (κ1) is 14.8. The minimum Gasteiger partial charge on any atom is -0.483 e. The fourth-order valence-corrected chi connectivity index (χ4v) is 2.21. The van der Waals surface area contributed by atoms with E-state index < -0.39 is 0 Å². The number of rotatable bonds is 4. The van der Waals surface area contributed by atoms with Crippen molar-refractivity contribution < 1.29 is 9.53 Å².